The highest BCUT2D eigenvalue weighted by molar-refractivity contribution is 7.99. The van der Waals surface area contributed by atoms with Crippen molar-refractivity contribution in [1.82, 2.24) is 20.2 Å². The number of aryl methyl sites for hydroxylation is 1. The largest absolute Gasteiger partial charge is 0.494 e. The summed E-state index contributed by atoms with van der Waals surface area (Å²) in [5.41, 5.74) is 1.97. The number of hydrogen-bond donors (Lipinski definition) is 0. The summed E-state index contributed by atoms with van der Waals surface area (Å²) in [6.07, 6.45) is 0.900. The fraction of sp³-hybridized carbons (Fsp3) is 0.278. The van der Waals surface area contributed by atoms with Crippen LogP contribution < -0.4 is 9.47 Å². The van der Waals surface area contributed by atoms with Gasteiger partial charge in [-0.1, -0.05) is 36.0 Å². The van der Waals surface area contributed by atoms with E-state index in [1.54, 1.807) is 23.6 Å². The molecule has 3 aromatic rings. The predicted molar refractivity (Wildman–Crippen MR) is 97.7 cm³/mol. The monoisotopic (exact) mass is 356 g/mol. The van der Waals surface area contributed by atoms with Crippen molar-refractivity contribution >= 4 is 11.8 Å². The first kappa shape index (κ1) is 17.3. The Morgan fingerprint density at radius 3 is 2.76 bits per heavy atom. The molecule has 0 saturated heterocycles. The molecule has 0 aliphatic heterocycles. The maximum Gasteiger partial charge on any atom is 0.214 e. The van der Waals surface area contributed by atoms with Gasteiger partial charge in [0.25, 0.3) is 0 Å². The lowest BCUT2D eigenvalue weighted by Gasteiger charge is -2.10. The normalized spacial score (nSPS) is 10.6. The van der Waals surface area contributed by atoms with Gasteiger partial charge in [0.15, 0.2) is 0 Å². The molecule has 0 spiro atoms. The quantitative estimate of drug-likeness (QED) is 0.454. The van der Waals surface area contributed by atoms with Crippen LogP contribution in [0.1, 0.15) is 12.0 Å². The highest BCUT2D eigenvalue weighted by atomic mass is 32.2. The zero-order valence-corrected chi connectivity index (χ0v) is 15.1. The second-order valence-corrected chi connectivity index (χ2v) is 6.47. The van der Waals surface area contributed by atoms with Gasteiger partial charge in [-0.3, -0.25) is 0 Å². The van der Waals surface area contributed by atoms with E-state index in [-0.39, 0.29) is 0 Å². The van der Waals surface area contributed by atoms with E-state index >= 15 is 0 Å². The summed E-state index contributed by atoms with van der Waals surface area (Å²) in [7, 11) is 1.65. The van der Waals surface area contributed by atoms with Gasteiger partial charge in [-0.15, -0.1) is 5.10 Å². The molecule has 0 N–H and O–H groups in total. The van der Waals surface area contributed by atoms with Crippen molar-refractivity contribution in [3.8, 4) is 17.2 Å². The first-order valence-corrected chi connectivity index (χ1v) is 9.00. The number of tetrazole rings is 1. The molecular formula is C18H20N4O2S. The molecule has 0 aliphatic carbocycles. The zero-order chi connectivity index (χ0) is 17.5. The van der Waals surface area contributed by atoms with Crippen LogP contribution in [-0.4, -0.2) is 39.7 Å². The average molecular weight is 356 g/mol. The Labute approximate surface area is 151 Å². The molecule has 7 heteroatoms. The van der Waals surface area contributed by atoms with Gasteiger partial charge in [0.1, 0.15) is 17.2 Å². The fourth-order valence-corrected chi connectivity index (χ4v) is 3.11. The van der Waals surface area contributed by atoms with Crippen molar-refractivity contribution < 1.29 is 9.47 Å². The Balaban J connectivity index is 1.58. The number of nitrogens with zero attached hydrogens (tertiary/aromatic N) is 4. The van der Waals surface area contributed by atoms with E-state index in [1.807, 2.05) is 55.5 Å². The minimum Gasteiger partial charge on any atom is -0.494 e. The number of methoxy groups -OCH3 is 1. The molecule has 3 rings (SSSR count). The second-order valence-electron chi connectivity index (χ2n) is 5.41. The van der Waals surface area contributed by atoms with E-state index in [4.69, 9.17) is 9.47 Å². The number of hydrogen-bond acceptors (Lipinski definition) is 6. The SMILES string of the molecule is COc1ccc(C)cc1-n1nnnc1SCCCOc1ccccc1. The summed E-state index contributed by atoms with van der Waals surface area (Å²) < 4.78 is 12.8. The maximum atomic E-state index is 5.70. The van der Waals surface area contributed by atoms with Crippen LogP contribution in [0.2, 0.25) is 0 Å². The van der Waals surface area contributed by atoms with Crippen LogP contribution in [0.25, 0.3) is 5.69 Å². The Bertz CT molecular complexity index is 808. The maximum absolute atomic E-state index is 5.70. The smallest absolute Gasteiger partial charge is 0.214 e. The zero-order valence-electron chi connectivity index (χ0n) is 14.3. The van der Waals surface area contributed by atoms with E-state index in [0.717, 1.165) is 40.1 Å². The third-order valence-corrected chi connectivity index (χ3v) is 4.54. The first-order chi connectivity index (χ1) is 12.3. The molecule has 0 fully saturated rings. The summed E-state index contributed by atoms with van der Waals surface area (Å²) in [6.45, 7) is 2.69. The molecule has 0 saturated carbocycles. The lowest BCUT2D eigenvalue weighted by Crippen LogP contribution is -2.03. The van der Waals surface area contributed by atoms with E-state index in [1.165, 1.54) is 0 Å². The predicted octanol–water partition coefficient (Wildman–Crippen LogP) is 3.54. The molecule has 1 aromatic heterocycles. The number of para-hydroxylation sites is 1. The number of rotatable bonds is 8. The van der Waals surface area contributed by atoms with Crippen molar-refractivity contribution in [2.24, 2.45) is 0 Å². The lowest BCUT2D eigenvalue weighted by atomic mass is 10.2. The van der Waals surface area contributed by atoms with Gasteiger partial charge < -0.3 is 9.47 Å². The van der Waals surface area contributed by atoms with Crippen LogP contribution in [0, 0.1) is 6.92 Å². The summed E-state index contributed by atoms with van der Waals surface area (Å²) in [4.78, 5) is 0. The van der Waals surface area contributed by atoms with Crippen molar-refractivity contribution in [2.45, 2.75) is 18.5 Å². The molecule has 0 atom stereocenters. The van der Waals surface area contributed by atoms with E-state index in [2.05, 4.69) is 15.5 Å². The molecule has 1 heterocycles. The van der Waals surface area contributed by atoms with E-state index < -0.39 is 0 Å². The number of aromatic nitrogens is 4. The highest BCUT2D eigenvalue weighted by Gasteiger charge is 2.13. The number of thioether (sulfide) groups is 1. The van der Waals surface area contributed by atoms with Crippen LogP contribution >= 0.6 is 11.8 Å². The summed E-state index contributed by atoms with van der Waals surface area (Å²) in [6, 6.07) is 15.8. The molecule has 0 unspecified atom stereocenters. The topological polar surface area (TPSA) is 62.1 Å². The Hall–Kier alpha value is -2.54. The molecule has 0 aliphatic rings. The molecule has 130 valence electrons. The van der Waals surface area contributed by atoms with Crippen molar-refractivity contribution in [2.75, 3.05) is 19.5 Å². The molecule has 6 nitrogen and oxygen atoms in total. The lowest BCUT2D eigenvalue weighted by molar-refractivity contribution is 0.318. The van der Waals surface area contributed by atoms with Crippen LogP contribution in [0.3, 0.4) is 0 Å². The van der Waals surface area contributed by atoms with Crippen LogP contribution in [0.15, 0.2) is 53.7 Å². The molecule has 25 heavy (non-hydrogen) atoms. The minimum absolute atomic E-state index is 0.659. The Morgan fingerprint density at radius 1 is 1.12 bits per heavy atom. The molecular weight excluding hydrogens is 336 g/mol. The third-order valence-electron chi connectivity index (χ3n) is 3.54. The Kier molecular flexibility index (Phi) is 5.90. The Morgan fingerprint density at radius 2 is 1.96 bits per heavy atom. The van der Waals surface area contributed by atoms with Gasteiger partial charge >= 0.3 is 0 Å². The van der Waals surface area contributed by atoms with Gasteiger partial charge in [-0.2, -0.15) is 4.68 Å². The summed E-state index contributed by atoms with van der Waals surface area (Å²) >= 11 is 1.60. The average Bonchev–Trinajstić information content (AvgIpc) is 3.10. The standard InChI is InChI=1S/C18H20N4O2S/c1-14-9-10-17(23-2)16(13-14)22-18(19-20-21-22)25-12-6-11-24-15-7-4-3-5-8-15/h3-5,7-10,13H,6,11-12H2,1-2H3. The van der Waals surface area contributed by atoms with Crippen molar-refractivity contribution in [1.29, 1.82) is 0 Å². The van der Waals surface area contributed by atoms with Gasteiger partial charge in [0.05, 0.1) is 13.7 Å². The van der Waals surface area contributed by atoms with Crippen LogP contribution in [0.5, 0.6) is 11.5 Å². The number of ether oxygens (including phenoxy) is 2. The van der Waals surface area contributed by atoms with Gasteiger partial charge in [-0.25, -0.2) is 0 Å². The van der Waals surface area contributed by atoms with Crippen molar-refractivity contribution in [3.05, 3.63) is 54.1 Å². The van der Waals surface area contributed by atoms with E-state index in [9.17, 15) is 0 Å². The summed E-state index contributed by atoms with van der Waals surface area (Å²) in [5.74, 6) is 2.50. The molecule has 2 aromatic carbocycles. The van der Waals surface area contributed by atoms with Crippen LogP contribution in [0.4, 0.5) is 0 Å². The molecule has 0 amide bonds. The highest BCUT2D eigenvalue weighted by Crippen LogP contribution is 2.27. The van der Waals surface area contributed by atoms with Gasteiger partial charge in [0, 0.05) is 5.75 Å². The minimum atomic E-state index is 0.659. The molecule has 0 radical (unpaired) electrons. The van der Waals surface area contributed by atoms with Crippen molar-refractivity contribution in [3.63, 3.8) is 0 Å². The van der Waals surface area contributed by atoms with E-state index in [0.29, 0.717) is 6.61 Å². The fourth-order valence-electron chi connectivity index (χ4n) is 2.31. The molecule has 0 bridgehead atoms. The second kappa shape index (κ2) is 8.53. The first-order valence-electron chi connectivity index (χ1n) is 8.02. The van der Waals surface area contributed by atoms with Gasteiger partial charge in [-0.05, 0) is 53.6 Å². The number of benzene rings is 2. The van der Waals surface area contributed by atoms with Crippen LogP contribution in [-0.2, 0) is 0 Å². The van der Waals surface area contributed by atoms with Gasteiger partial charge in [0.2, 0.25) is 5.16 Å². The third kappa shape index (κ3) is 4.51. The summed E-state index contributed by atoms with van der Waals surface area (Å²) in [5, 5.41) is 12.8.